The van der Waals surface area contributed by atoms with Crippen molar-refractivity contribution in [1.29, 1.82) is 0 Å². The summed E-state index contributed by atoms with van der Waals surface area (Å²) >= 11 is 16.1. The third-order valence-electron chi connectivity index (χ3n) is 1.60. The largest absolute Gasteiger partial charge is 0.288 e. The van der Waals surface area contributed by atoms with E-state index in [0.717, 1.165) is 0 Å². The lowest BCUT2D eigenvalue weighted by atomic mass is 10.1. The van der Waals surface area contributed by atoms with Crippen LogP contribution in [0.5, 0.6) is 0 Å². The highest BCUT2D eigenvalue weighted by Crippen LogP contribution is 2.20. The summed E-state index contributed by atoms with van der Waals surface area (Å²) in [6.45, 7) is 0. The van der Waals surface area contributed by atoms with Crippen LogP contribution in [0.2, 0.25) is 0 Å². The molecule has 0 heterocycles. The van der Waals surface area contributed by atoms with Gasteiger partial charge in [-0.25, -0.2) is 0 Å². The fraction of sp³-hybridized carbons (Fsp3) is 0. The van der Waals surface area contributed by atoms with Gasteiger partial charge in [0, 0.05) is 5.56 Å². The lowest BCUT2D eigenvalue weighted by Crippen LogP contribution is -2.02. The number of rotatable bonds is 3. The molecule has 15 heavy (non-hydrogen) atoms. The Balaban J connectivity index is 3.07. The van der Waals surface area contributed by atoms with E-state index < -0.39 is 16.1 Å². The molecular formula is C10H5Cl3O2. The van der Waals surface area contributed by atoms with Crippen LogP contribution >= 0.6 is 34.8 Å². The number of ketones is 1. The molecule has 0 aromatic heterocycles. The number of carbonyl (C=O) groups excluding carboxylic acids is 2. The average Bonchev–Trinajstić information content (AvgIpc) is 2.27. The predicted molar refractivity (Wildman–Crippen MR) is 60.4 cm³/mol. The Morgan fingerprint density at radius 1 is 0.867 bits per heavy atom. The quantitative estimate of drug-likeness (QED) is 0.476. The van der Waals surface area contributed by atoms with E-state index >= 15 is 0 Å². The molecule has 0 atom stereocenters. The van der Waals surface area contributed by atoms with Gasteiger partial charge in [-0.05, 0) is 11.6 Å². The zero-order valence-corrected chi connectivity index (χ0v) is 9.60. The third-order valence-corrected chi connectivity index (χ3v) is 2.70. The summed E-state index contributed by atoms with van der Waals surface area (Å²) in [5.74, 6) is -0.531. The molecule has 0 bridgehead atoms. The molecule has 5 heteroatoms. The fourth-order valence-corrected chi connectivity index (χ4v) is 1.33. The molecule has 1 rings (SSSR count). The summed E-state index contributed by atoms with van der Waals surface area (Å²) in [6, 6.07) is 8.23. The third kappa shape index (κ3) is 3.06. The van der Waals surface area contributed by atoms with Crippen LogP contribution < -0.4 is 0 Å². The summed E-state index contributed by atoms with van der Waals surface area (Å²) in [5, 5.41) is -1.79. The van der Waals surface area contributed by atoms with Crippen LogP contribution in [-0.2, 0) is 4.79 Å². The van der Waals surface area contributed by atoms with Crippen molar-refractivity contribution in [2.75, 3.05) is 0 Å². The molecule has 0 N–H and O–H groups in total. The second-order valence-electron chi connectivity index (χ2n) is 2.60. The van der Waals surface area contributed by atoms with Gasteiger partial charge in [0.05, 0.1) is 0 Å². The molecular weight excluding hydrogens is 258 g/mol. The first-order valence-corrected chi connectivity index (χ1v) is 5.02. The maximum absolute atomic E-state index is 11.6. The van der Waals surface area contributed by atoms with Crippen LogP contribution in [0.25, 0.3) is 0 Å². The summed E-state index contributed by atoms with van der Waals surface area (Å²) in [4.78, 5) is 22.3. The van der Waals surface area contributed by atoms with Crippen molar-refractivity contribution < 1.29 is 9.59 Å². The van der Waals surface area contributed by atoms with Gasteiger partial charge >= 0.3 is 0 Å². The van der Waals surface area contributed by atoms with Crippen molar-refractivity contribution in [3.05, 3.63) is 46.0 Å². The Hall–Kier alpha value is -0.830. The van der Waals surface area contributed by atoms with Gasteiger partial charge in [0.25, 0.3) is 5.24 Å². The number of Topliss-reactive ketones (excluding diaryl/α,β-unsaturated/α-hetero) is 1. The molecule has 78 valence electrons. The van der Waals surface area contributed by atoms with Crippen molar-refractivity contribution in [1.82, 2.24) is 0 Å². The first-order valence-electron chi connectivity index (χ1n) is 3.89. The number of halogens is 3. The monoisotopic (exact) mass is 262 g/mol. The van der Waals surface area contributed by atoms with Crippen molar-refractivity contribution >= 4 is 45.8 Å². The van der Waals surface area contributed by atoms with Crippen LogP contribution in [0.1, 0.15) is 10.4 Å². The van der Waals surface area contributed by atoms with Gasteiger partial charge in [-0.2, -0.15) is 0 Å². The van der Waals surface area contributed by atoms with Crippen molar-refractivity contribution in [2.24, 2.45) is 0 Å². The molecule has 1 aromatic carbocycles. The smallest absolute Gasteiger partial charge is 0.265 e. The molecule has 0 aliphatic carbocycles. The minimum absolute atomic E-state index is 0.346. The average molecular weight is 264 g/mol. The van der Waals surface area contributed by atoms with Gasteiger partial charge in [-0.1, -0.05) is 53.5 Å². The van der Waals surface area contributed by atoms with Crippen LogP contribution in [0.15, 0.2) is 40.4 Å². The number of benzene rings is 1. The summed E-state index contributed by atoms with van der Waals surface area (Å²) in [6.07, 6.45) is 0. The highest BCUT2D eigenvalue weighted by Gasteiger charge is 2.17. The van der Waals surface area contributed by atoms with E-state index in [1.54, 1.807) is 30.3 Å². The summed E-state index contributed by atoms with van der Waals surface area (Å²) in [7, 11) is 0. The van der Waals surface area contributed by atoms with E-state index in [-0.39, 0.29) is 5.03 Å². The lowest BCUT2D eigenvalue weighted by Gasteiger charge is -1.99. The molecule has 0 saturated carbocycles. The molecule has 0 aliphatic rings. The highest BCUT2D eigenvalue weighted by molar-refractivity contribution is 6.76. The van der Waals surface area contributed by atoms with Crippen LogP contribution in [0.3, 0.4) is 0 Å². The topological polar surface area (TPSA) is 34.1 Å². The minimum atomic E-state index is -0.953. The highest BCUT2D eigenvalue weighted by atomic mass is 35.5. The zero-order chi connectivity index (χ0) is 11.4. The second kappa shape index (κ2) is 5.31. The van der Waals surface area contributed by atoms with Gasteiger partial charge in [0.2, 0.25) is 5.78 Å². The van der Waals surface area contributed by atoms with Crippen molar-refractivity contribution in [2.45, 2.75) is 0 Å². The van der Waals surface area contributed by atoms with Gasteiger partial charge in [-0.3, -0.25) is 9.59 Å². The minimum Gasteiger partial charge on any atom is -0.288 e. The molecule has 0 spiro atoms. The normalized spacial score (nSPS) is 11.9. The predicted octanol–water partition coefficient (Wildman–Crippen LogP) is 3.32. The molecule has 2 nitrogen and oxygen atoms in total. The number of carbonyl (C=O) groups is 2. The second-order valence-corrected chi connectivity index (χ2v) is 3.70. The van der Waals surface area contributed by atoms with Gasteiger partial charge in [0.1, 0.15) is 10.1 Å². The summed E-state index contributed by atoms with van der Waals surface area (Å²) in [5.41, 5.74) is 0.346. The molecule has 0 fully saturated rings. The van der Waals surface area contributed by atoms with E-state index in [2.05, 4.69) is 0 Å². The van der Waals surface area contributed by atoms with Gasteiger partial charge in [0.15, 0.2) is 0 Å². The van der Waals surface area contributed by atoms with E-state index in [4.69, 9.17) is 34.8 Å². The SMILES string of the molecule is O=C(Cl)/C(Cl)=C(/Cl)C(=O)c1ccccc1. The molecule has 0 amide bonds. The van der Waals surface area contributed by atoms with Crippen molar-refractivity contribution in [3.8, 4) is 0 Å². The molecule has 0 aliphatic heterocycles. The van der Waals surface area contributed by atoms with E-state index in [1.165, 1.54) is 0 Å². The Labute approximate surface area is 101 Å². The zero-order valence-electron chi connectivity index (χ0n) is 7.34. The Morgan fingerprint density at radius 2 is 1.40 bits per heavy atom. The molecule has 0 radical (unpaired) electrons. The maximum Gasteiger partial charge on any atom is 0.265 e. The van der Waals surface area contributed by atoms with E-state index in [0.29, 0.717) is 5.56 Å². The molecule has 0 saturated heterocycles. The standard InChI is InChI=1S/C10H5Cl3O2/c11-7(8(12)10(13)15)9(14)6-4-2-1-3-5-6/h1-5H/b8-7-. The van der Waals surface area contributed by atoms with Crippen molar-refractivity contribution in [3.63, 3.8) is 0 Å². The molecule has 1 aromatic rings. The van der Waals surface area contributed by atoms with Crippen LogP contribution in [0.4, 0.5) is 0 Å². The van der Waals surface area contributed by atoms with E-state index in [9.17, 15) is 9.59 Å². The Bertz CT molecular complexity index is 424. The fourth-order valence-electron chi connectivity index (χ4n) is 0.902. The maximum atomic E-state index is 11.6. The van der Waals surface area contributed by atoms with Gasteiger partial charge < -0.3 is 0 Å². The number of hydrogen-bond acceptors (Lipinski definition) is 2. The molecule has 0 unspecified atom stereocenters. The van der Waals surface area contributed by atoms with Crippen LogP contribution in [-0.4, -0.2) is 11.0 Å². The first-order chi connectivity index (χ1) is 7.04. The van der Waals surface area contributed by atoms with Gasteiger partial charge in [-0.15, -0.1) is 0 Å². The van der Waals surface area contributed by atoms with E-state index in [1.807, 2.05) is 0 Å². The summed E-state index contributed by atoms with van der Waals surface area (Å²) < 4.78 is 0. The first kappa shape index (κ1) is 12.2. The Morgan fingerprint density at radius 3 is 1.87 bits per heavy atom. The number of allylic oxidation sites excluding steroid dienone is 2. The number of hydrogen-bond donors (Lipinski definition) is 0. The lowest BCUT2D eigenvalue weighted by molar-refractivity contribution is -0.108. The van der Waals surface area contributed by atoms with Crippen LogP contribution in [0, 0.1) is 0 Å². The Kier molecular flexibility index (Phi) is 4.33.